The lowest BCUT2D eigenvalue weighted by molar-refractivity contribution is 0.0651. The van der Waals surface area contributed by atoms with Gasteiger partial charge in [-0.3, -0.25) is 9.52 Å². The van der Waals surface area contributed by atoms with Crippen LogP contribution in [0.15, 0.2) is 47.4 Å². The van der Waals surface area contributed by atoms with Crippen molar-refractivity contribution in [2.45, 2.75) is 11.3 Å². The quantitative estimate of drug-likeness (QED) is 0.874. The predicted molar refractivity (Wildman–Crippen MR) is 94.2 cm³/mol. The monoisotopic (exact) mass is 384 g/mol. The summed E-state index contributed by atoms with van der Waals surface area (Å²) in [5.74, 6) is -0.194. The van der Waals surface area contributed by atoms with Crippen molar-refractivity contribution in [1.29, 1.82) is 0 Å². The molecule has 0 bridgehead atoms. The average Bonchev–Trinajstić information content (AvgIpc) is 2.48. The van der Waals surface area contributed by atoms with Crippen molar-refractivity contribution in [3.05, 3.63) is 58.1 Å². The van der Waals surface area contributed by atoms with E-state index in [0.717, 1.165) is 6.42 Å². The van der Waals surface area contributed by atoms with Crippen LogP contribution in [0.5, 0.6) is 0 Å². The molecule has 1 N–H and O–H groups in total. The van der Waals surface area contributed by atoms with Crippen molar-refractivity contribution < 1.29 is 13.2 Å². The van der Waals surface area contributed by atoms with Crippen LogP contribution in [0.1, 0.15) is 16.8 Å². The number of carbonyl (C=O) groups excluding carboxylic acids is 1. The molecule has 1 amide bonds. The molecule has 1 saturated heterocycles. The van der Waals surface area contributed by atoms with Crippen LogP contribution in [-0.2, 0) is 10.0 Å². The van der Waals surface area contributed by atoms with E-state index in [4.69, 9.17) is 23.2 Å². The van der Waals surface area contributed by atoms with E-state index in [1.807, 2.05) is 0 Å². The van der Waals surface area contributed by atoms with Crippen LogP contribution in [0.2, 0.25) is 10.0 Å². The van der Waals surface area contributed by atoms with E-state index in [-0.39, 0.29) is 15.8 Å². The first-order valence-electron chi connectivity index (χ1n) is 7.24. The molecule has 2 aromatic carbocycles. The van der Waals surface area contributed by atoms with E-state index >= 15 is 0 Å². The van der Waals surface area contributed by atoms with Crippen LogP contribution in [0.25, 0.3) is 0 Å². The van der Waals surface area contributed by atoms with Crippen molar-refractivity contribution in [2.24, 2.45) is 0 Å². The second-order valence-corrected chi connectivity index (χ2v) is 7.90. The van der Waals surface area contributed by atoms with E-state index in [1.54, 1.807) is 29.2 Å². The fraction of sp³-hybridized carbons (Fsp3) is 0.188. The maximum absolute atomic E-state index is 12.6. The average molecular weight is 385 g/mol. The number of halogens is 2. The lowest BCUT2D eigenvalue weighted by atomic mass is 10.1. The number of rotatable bonds is 4. The summed E-state index contributed by atoms with van der Waals surface area (Å²) >= 11 is 11.8. The highest BCUT2D eigenvalue weighted by Crippen LogP contribution is 2.26. The zero-order chi connectivity index (χ0) is 17.3. The Balaban J connectivity index is 1.91. The highest BCUT2D eigenvalue weighted by Gasteiger charge is 2.25. The highest BCUT2D eigenvalue weighted by atomic mass is 35.5. The largest absolute Gasteiger partial charge is 0.339 e. The number of carbonyl (C=O) groups is 1. The van der Waals surface area contributed by atoms with Crippen LogP contribution in [0, 0.1) is 0 Å². The molecule has 5 nitrogen and oxygen atoms in total. The lowest BCUT2D eigenvalue weighted by Crippen LogP contribution is -2.42. The minimum atomic E-state index is -3.92. The summed E-state index contributed by atoms with van der Waals surface area (Å²) in [5.41, 5.74) is 0.658. The van der Waals surface area contributed by atoms with E-state index < -0.39 is 10.0 Å². The Kier molecular flexibility index (Phi) is 4.71. The molecule has 0 aromatic heterocycles. The molecule has 1 heterocycles. The van der Waals surface area contributed by atoms with Gasteiger partial charge in [-0.15, -0.1) is 0 Å². The van der Waals surface area contributed by atoms with E-state index in [1.165, 1.54) is 18.2 Å². The molecule has 0 aliphatic carbocycles. The summed E-state index contributed by atoms with van der Waals surface area (Å²) in [4.78, 5) is 13.8. The van der Waals surface area contributed by atoms with E-state index in [0.29, 0.717) is 29.4 Å². The van der Waals surface area contributed by atoms with Crippen LogP contribution in [-0.4, -0.2) is 32.3 Å². The Morgan fingerprint density at radius 2 is 1.71 bits per heavy atom. The highest BCUT2D eigenvalue weighted by molar-refractivity contribution is 7.92. The van der Waals surface area contributed by atoms with Gasteiger partial charge in [0.15, 0.2) is 0 Å². The number of sulfonamides is 1. The van der Waals surface area contributed by atoms with Gasteiger partial charge in [-0.1, -0.05) is 23.2 Å². The van der Waals surface area contributed by atoms with Gasteiger partial charge in [-0.25, -0.2) is 8.42 Å². The number of nitrogens with zero attached hydrogens (tertiary/aromatic N) is 1. The van der Waals surface area contributed by atoms with Gasteiger partial charge < -0.3 is 4.90 Å². The van der Waals surface area contributed by atoms with Gasteiger partial charge in [0.05, 0.1) is 5.02 Å². The number of anilines is 1. The standard InChI is InChI=1S/C16H14Cl2N2O3S/c17-12-3-5-13(6-4-12)19-24(22,23)15-10-11(2-7-14(15)18)16(21)20-8-1-9-20/h2-7,10,19H,1,8-9H2. The number of amides is 1. The molecule has 0 radical (unpaired) electrons. The third-order valence-electron chi connectivity index (χ3n) is 3.71. The molecule has 0 unspecified atom stereocenters. The van der Waals surface area contributed by atoms with Gasteiger partial charge in [-0.2, -0.15) is 0 Å². The Morgan fingerprint density at radius 1 is 1.04 bits per heavy atom. The first kappa shape index (κ1) is 17.1. The Hall–Kier alpha value is -1.76. The van der Waals surface area contributed by atoms with Crippen molar-refractivity contribution in [1.82, 2.24) is 4.90 Å². The molecule has 126 valence electrons. The molecular weight excluding hydrogens is 371 g/mol. The van der Waals surface area contributed by atoms with Crippen molar-refractivity contribution in [2.75, 3.05) is 17.8 Å². The Bertz CT molecular complexity index is 879. The van der Waals surface area contributed by atoms with Gasteiger partial charge in [0.2, 0.25) is 0 Å². The van der Waals surface area contributed by atoms with Gasteiger partial charge in [0, 0.05) is 29.4 Å². The topological polar surface area (TPSA) is 66.5 Å². The maximum Gasteiger partial charge on any atom is 0.263 e. The molecule has 24 heavy (non-hydrogen) atoms. The Morgan fingerprint density at radius 3 is 2.29 bits per heavy atom. The SMILES string of the molecule is O=C(c1ccc(Cl)c(S(=O)(=O)Nc2ccc(Cl)cc2)c1)N1CCC1. The maximum atomic E-state index is 12.6. The van der Waals surface area contributed by atoms with Gasteiger partial charge >= 0.3 is 0 Å². The third-order valence-corrected chi connectivity index (χ3v) is 5.82. The molecule has 0 spiro atoms. The number of benzene rings is 2. The first-order valence-corrected chi connectivity index (χ1v) is 9.48. The smallest absolute Gasteiger partial charge is 0.263 e. The van der Waals surface area contributed by atoms with Crippen LogP contribution < -0.4 is 4.72 Å². The van der Waals surface area contributed by atoms with Crippen molar-refractivity contribution in [3.63, 3.8) is 0 Å². The van der Waals surface area contributed by atoms with E-state index in [9.17, 15) is 13.2 Å². The summed E-state index contributed by atoms with van der Waals surface area (Å²) in [7, 11) is -3.92. The third kappa shape index (κ3) is 3.50. The van der Waals surface area contributed by atoms with E-state index in [2.05, 4.69) is 4.72 Å². The van der Waals surface area contributed by atoms with Crippen LogP contribution >= 0.6 is 23.2 Å². The fourth-order valence-corrected chi connectivity index (χ4v) is 3.98. The molecule has 0 atom stereocenters. The normalized spacial score (nSPS) is 14.2. The minimum Gasteiger partial charge on any atom is -0.339 e. The number of nitrogens with one attached hydrogen (secondary N) is 1. The van der Waals surface area contributed by atoms with Gasteiger partial charge in [0.1, 0.15) is 4.90 Å². The summed E-state index contributed by atoms with van der Waals surface area (Å²) in [6, 6.07) is 10.5. The molecule has 1 aliphatic heterocycles. The second kappa shape index (κ2) is 6.63. The zero-order valence-corrected chi connectivity index (χ0v) is 14.8. The van der Waals surface area contributed by atoms with Crippen LogP contribution in [0.3, 0.4) is 0 Å². The lowest BCUT2D eigenvalue weighted by Gasteiger charge is -2.31. The molecule has 2 aromatic rings. The molecule has 1 aliphatic rings. The summed E-state index contributed by atoms with van der Waals surface area (Å²) in [6.45, 7) is 1.37. The molecule has 0 saturated carbocycles. The fourth-order valence-electron chi connectivity index (χ4n) is 2.27. The van der Waals surface area contributed by atoms with Gasteiger partial charge in [-0.05, 0) is 48.9 Å². The number of likely N-dealkylation sites (tertiary alicyclic amines) is 1. The summed E-state index contributed by atoms with van der Waals surface area (Å²) < 4.78 is 27.6. The molecular formula is C16H14Cl2N2O3S. The summed E-state index contributed by atoms with van der Waals surface area (Å²) in [5, 5.41) is 0.551. The summed E-state index contributed by atoms with van der Waals surface area (Å²) in [6.07, 6.45) is 0.961. The minimum absolute atomic E-state index is 0.0524. The predicted octanol–water partition coefficient (Wildman–Crippen LogP) is 3.64. The number of hydrogen-bond acceptors (Lipinski definition) is 3. The zero-order valence-electron chi connectivity index (χ0n) is 12.5. The molecule has 8 heteroatoms. The molecule has 3 rings (SSSR count). The van der Waals surface area contributed by atoms with Crippen molar-refractivity contribution in [3.8, 4) is 0 Å². The number of hydrogen-bond donors (Lipinski definition) is 1. The van der Waals surface area contributed by atoms with Crippen LogP contribution in [0.4, 0.5) is 5.69 Å². The van der Waals surface area contributed by atoms with Gasteiger partial charge in [0.25, 0.3) is 15.9 Å². The molecule has 1 fully saturated rings. The second-order valence-electron chi connectivity index (χ2n) is 5.40. The Labute approximate surface area is 150 Å². The first-order chi connectivity index (χ1) is 11.4. The van der Waals surface area contributed by atoms with Crippen molar-refractivity contribution >= 4 is 44.8 Å².